The molecule has 0 saturated heterocycles. The molecule has 1 amide bonds. The van der Waals surface area contributed by atoms with E-state index in [2.05, 4.69) is 5.32 Å². The maximum atomic E-state index is 13.5. The first-order valence-corrected chi connectivity index (χ1v) is 9.98. The molecule has 0 aliphatic heterocycles. The Kier molecular flexibility index (Phi) is 5.41. The molecule has 2 aromatic carbocycles. The number of nitrogens with two attached hydrogens (primary N) is 1. The summed E-state index contributed by atoms with van der Waals surface area (Å²) >= 11 is 0. The molecule has 0 aromatic heterocycles. The molecule has 6 nitrogen and oxygen atoms in total. The highest BCUT2D eigenvalue weighted by molar-refractivity contribution is 7.92. The van der Waals surface area contributed by atoms with Gasteiger partial charge in [0.15, 0.2) is 4.93 Å². The normalized spacial score (nSPS) is 19.1. The van der Waals surface area contributed by atoms with Gasteiger partial charge in [0.1, 0.15) is 6.61 Å². The Labute approximate surface area is 153 Å². The first-order chi connectivity index (χ1) is 12.5. The molecule has 3 rings (SSSR count). The molecule has 0 spiro atoms. The summed E-state index contributed by atoms with van der Waals surface area (Å²) in [5.41, 5.74) is 6.91. The van der Waals surface area contributed by atoms with Crippen LogP contribution in [0.15, 0.2) is 59.5 Å². The topological polar surface area (TPSA) is 98.5 Å². The quantitative estimate of drug-likeness (QED) is 0.762. The first-order valence-electron chi connectivity index (χ1n) is 8.50. The van der Waals surface area contributed by atoms with Crippen LogP contribution in [0.2, 0.25) is 0 Å². The van der Waals surface area contributed by atoms with Crippen LogP contribution in [0.3, 0.4) is 0 Å². The molecule has 0 bridgehead atoms. The number of aryl methyl sites for hydroxylation is 1. The molecule has 7 heteroatoms. The van der Waals surface area contributed by atoms with Crippen molar-refractivity contribution >= 4 is 15.7 Å². The van der Waals surface area contributed by atoms with Crippen molar-refractivity contribution in [1.29, 1.82) is 0 Å². The number of fused-ring (bicyclic) bond motifs is 1. The maximum absolute atomic E-state index is 13.5. The van der Waals surface area contributed by atoms with E-state index in [0.29, 0.717) is 25.1 Å². The molecule has 3 N–H and O–H groups in total. The third-order valence-corrected chi connectivity index (χ3v) is 6.84. The van der Waals surface area contributed by atoms with Gasteiger partial charge in [-0.1, -0.05) is 42.5 Å². The average Bonchev–Trinajstić information content (AvgIpc) is 3.06. The number of rotatable bonds is 7. The number of hydrogen-bond acceptors (Lipinski definition) is 5. The van der Waals surface area contributed by atoms with Gasteiger partial charge in [-0.05, 0) is 30.5 Å². The molecular weight excluding hydrogens is 352 g/mol. The average molecular weight is 374 g/mol. The van der Waals surface area contributed by atoms with E-state index < -0.39 is 14.8 Å². The zero-order chi connectivity index (χ0) is 18.6. The summed E-state index contributed by atoms with van der Waals surface area (Å²) in [5.74, 6) is -0.387. The third kappa shape index (κ3) is 3.25. The molecule has 0 heterocycles. The van der Waals surface area contributed by atoms with Crippen LogP contribution in [0.25, 0.3) is 0 Å². The van der Waals surface area contributed by atoms with Crippen LogP contribution in [0.1, 0.15) is 17.5 Å². The minimum absolute atomic E-state index is 0.180. The van der Waals surface area contributed by atoms with Crippen molar-refractivity contribution in [2.24, 2.45) is 5.73 Å². The van der Waals surface area contributed by atoms with Crippen molar-refractivity contribution in [2.75, 3.05) is 19.7 Å². The third-order valence-electron chi connectivity index (χ3n) is 4.54. The molecule has 138 valence electrons. The van der Waals surface area contributed by atoms with E-state index in [9.17, 15) is 13.2 Å². The number of benzene rings is 2. The summed E-state index contributed by atoms with van der Waals surface area (Å²) in [7, 11) is -3.86. The SMILES string of the molecule is NCCNC(=O)COC1(S(=O)(=O)c2ccccc2)CCc2ccccc21. The highest BCUT2D eigenvalue weighted by atomic mass is 32.2. The van der Waals surface area contributed by atoms with Gasteiger partial charge in [-0.2, -0.15) is 0 Å². The van der Waals surface area contributed by atoms with Gasteiger partial charge in [0.25, 0.3) is 0 Å². The van der Waals surface area contributed by atoms with Crippen molar-refractivity contribution in [2.45, 2.75) is 22.7 Å². The number of hydrogen-bond donors (Lipinski definition) is 2. The van der Waals surface area contributed by atoms with E-state index in [1.165, 1.54) is 0 Å². The largest absolute Gasteiger partial charge is 0.353 e. The summed E-state index contributed by atoms with van der Waals surface area (Å²) < 4.78 is 32.8. The molecule has 1 aliphatic carbocycles. The van der Waals surface area contributed by atoms with Crippen molar-refractivity contribution in [3.63, 3.8) is 0 Å². The van der Waals surface area contributed by atoms with Crippen LogP contribution in [0.5, 0.6) is 0 Å². The maximum Gasteiger partial charge on any atom is 0.246 e. The predicted molar refractivity (Wildman–Crippen MR) is 98.1 cm³/mol. The fourth-order valence-corrected chi connectivity index (χ4v) is 5.25. The monoisotopic (exact) mass is 374 g/mol. The van der Waals surface area contributed by atoms with Crippen LogP contribution in [0.4, 0.5) is 0 Å². The number of carbonyl (C=O) groups is 1. The van der Waals surface area contributed by atoms with Gasteiger partial charge >= 0.3 is 0 Å². The van der Waals surface area contributed by atoms with Gasteiger partial charge in [-0.25, -0.2) is 8.42 Å². The smallest absolute Gasteiger partial charge is 0.246 e. The first kappa shape index (κ1) is 18.6. The minimum atomic E-state index is -3.86. The second kappa shape index (κ2) is 7.57. The van der Waals surface area contributed by atoms with Gasteiger partial charge in [-0.15, -0.1) is 0 Å². The lowest BCUT2D eigenvalue weighted by molar-refractivity contribution is -0.129. The fourth-order valence-electron chi connectivity index (χ4n) is 3.29. The Bertz CT molecular complexity index is 883. The standard InChI is InChI=1S/C19H22N2O4S/c20-12-13-21-18(22)14-25-19(11-10-15-6-4-5-9-17(15)19)26(23,24)16-7-2-1-3-8-16/h1-9H,10-14,20H2,(H,21,22). The number of carbonyl (C=O) groups excluding carboxylic acids is 1. The molecule has 1 aliphatic rings. The predicted octanol–water partition coefficient (Wildman–Crippen LogP) is 1.35. The lowest BCUT2D eigenvalue weighted by Crippen LogP contribution is -2.41. The van der Waals surface area contributed by atoms with Crippen molar-refractivity contribution in [1.82, 2.24) is 5.32 Å². The van der Waals surface area contributed by atoms with E-state index in [0.717, 1.165) is 5.56 Å². The van der Waals surface area contributed by atoms with E-state index in [4.69, 9.17) is 10.5 Å². The Balaban J connectivity index is 2.00. The second-order valence-corrected chi connectivity index (χ2v) is 8.29. The highest BCUT2D eigenvalue weighted by Gasteiger charge is 2.51. The fraction of sp³-hybridized carbons (Fsp3) is 0.316. The van der Waals surface area contributed by atoms with Crippen LogP contribution in [0, 0.1) is 0 Å². The van der Waals surface area contributed by atoms with Gasteiger partial charge in [0, 0.05) is 18.7 Å². The highest BCUT2D eigenvalue weighted by Crippen LogP contribution is 2.46. The van der Waals surface area contributed by atoms with Crippen LogP contribution in [-0.2, 0) is 30.7 Å². The summed E-state index contributed by atoms with van der Waals surface area (Å²) in [6.45, 7) is 0.277. The zero-order valence-corrected chi connectivity index (χ0v) is 15.2. The molecule has 1 atom stereocenters. The molecule has 1 unspecified atom stereocenters. The molecule has 2 aromatic rings. The summed E-state index contributed by atoms with van der Waals surface area (Å²) in [6.07, 6.45) is 0.848. The minimum Gasteiger partial charge on any atom is -0.353 e. The molecule has 26 heavy (non-hydrogen) atoms. The van der Waals surface area contributed by atoms with Crippen LogP contribution in [-0.4, -0.2) is 34.0 Å². The molecular formula is C19H22N2O4S. The van der Waals surface area contributed by atoms with Gasteiger partial charge < -0.3 is 15.8 Å². The number of sulfone groups is 1. The van der Waals surface area contributed by atoms with E-state index in [1.54, 1.807) is 42.5 Å². The van der Waals surface area contributed by atoms with Crippen molar-refractivity contribution in [3.8, 4) is 0 Å². The number of amides is 1. The Morgan fingerprint density at radius 2 is 1.81 bits per heavy atom. The molecule has 0 radical (unpaired) electrons. The van der Waals surface area contributed by atoms with E-state index in [-0.39, 0.29) is 23.8 Å². The van der Waals surface area contributed by atoms with E-state index in [1.807, 2.05) is 12.1 Å². The lowest BCUT2D eigenvalue weighted by atomic mass is 10.1. The van der Waals surface area contributed by atoms with Crippen molar-refractivity contribution in [3.05, 3.63) is 65.7 Å². The van der Waals surface area contributed by atoms with E-state index >= 15 is 0 Å². The number of nitrogens with one attached hydrogen (secondary N) is 1. The molecule has 0 fully saturated rings. The lowest BCUT2D eigenvalue weighted by Gasteiger charge is -2.30. The van der Waals surface area contributed by atoms with Gasteiger partial charge in [0.2, 0.25) is 15.7 Å². The Hall–Kier alpha value is -2.22. The van der Waals surface area contributed by atoms with Crippen molar-refractivity contribution < 1.29 is 17.9 Å². The van der Waals surface area contributed by atoms with Gasteiger partial charge in [0.05, 0.1) is 4.90 Å². The summed E-state index contributed by atoms with van der Waals surface area (Å²) in [4.78, 5) is 10.6. The zero-order valence-electron chi connectivity index (χ0n) is 14.4. The number of ether oxygens (including phenoxy) is 1. The Morgan fingerprint density at radius 3 is 2.54 bits per heavy atom. The second-order valence-electron chi connectivity index (χ2n) is 6.15. The van der Waals surface area contributed by atoms with Crippen LogP contribution >= 0.6 is 0 Å². The van der Waals surface area contributed by atoms with Crippen LogP contribution < -0.4 is 11.1 Å². The van der Waals surface area contributed by atoms with Gasteiger partial charge in [-0.3, -0.25) is 4.79 Å². The molecule has 0 saturated carbocycles. The summed E-state index contributed by atoms with van der Waals surface area (Å²) in [6, 6.07) is 15.5. The Morgan fingerprint density at radius 1 is 1.12 bits per heavy atom. The summed E-state index contributed by atoms with van der Waals surface area (Å²) in [5, 5.41) is 2.60.